The van der Waals surface area contributed by atoms with Crippen LogP contribution in [0.5, 0.6) is 0 Å². The smallest absolute Gasteiger partial charge is 0.296 e. The van der Waals surface area contributed by atoms with E-state index in [0.29, 0.717) is 11.5 Å². The van der Waals surface area contributed by atoms with Crippen LogP contribution in [-0.4, -0.2) is 19.5 Å². The molecule has 0 fully saturated rings. The van der Waals surface area contributed by atoms with Crippen molar-refractivity contribution in [3.8, 4) is 5.69 Å². The molecule has 3 aromatic rings. The van der Waals surface area contributed by atoms with Crippen LogP contribution in [0.15, 0.2) is 45.8 Å². The first kappa shape index (κ1) is 12.3. The fourth-order valence-electron chi connectivity index (χ4n) is 1.86. The maximum absolute atomic E-state index is 12.9. The Morgan fingerprint density at radius 3 is 2.65 bits per heavy atom. The van der Waals surface area contributed by atoms with Gasteiger partial charge < -0.3 is 0 Å². The fraction of sp³-hybridized carbons (Fsp3) is 0.154. The number of nitrogens with zero attached hydrogens (tertiary/aromatic N) is 4. The second-order valence-electron chi connectivity index (χ2n) is 4.31. The van der Waals surface area contributed by atoms with Crippen molar-refractivity contribution >= 4 is 0 Å². The van der Waals surface area contributed by atoms with Gasteiger partial charge in [-0.25, -0.2) is 13.9 Å². The fourth-order valence-corrected chi connectivity index (χ4v) is 1.86. The molecular formula is C13H11FN4O2. The number of aromatic nitrogens is 4. The third-order valence-corrected chi connectivity index (χ3v) is 2.92. The van der Waals surface area contributed by atoms with Crippen molar-refractivity contribution in [3.63, 3.8) is 0 Å². The van der Waals surface area contributed by atoms with Gasteiger partial charge in [-0.15, -0.1) is 0 Å². The topological polar surface area (TPSA) is 65.8 Å². The Morgan fingerprint density at radius 2 is 2.00 bits per heavy atom. The molecule has 0 spiro atoms. The molecule has 7 heteroatoms. The number of halogens is 1. The summed E-state index contributed by atoms with van der Waals surface area (Å²) in [6.07, 6.45) is 1.75. The van der Waals surface area contributed by atoms with E-state index < -0.39 is 5.76 Å². The van der Waals surface area contributed by atoms with Crippen LogP contribution in [0.1, 0.15) is 11.5 Å². The zero-order chi connectivity index (χ0) is 14.1. The Kier molecular flexibility index (Phi) is 2.94. The molecule has 0 radical (unpaired) electrons. The Hall–Kier alpha value is -2.70. The first-order chi connectivity index (χ1) is 9.63. The van der Waals surface area contributed by atoms with Crippen molar-refractivity contribution in [3.05, 3.63) is 64.4 Å². The monoisotopic (exact) mass is 274 g/mol. The van der Waals surface area contributed by atoms with Crippen LogP contribution in [0.3, 0.4) is 0 Å². The summed E-state index contributed by atoms with van der Waals surface area (Å²) in [5, 5.41) is 7.92. The number of rotatable bonds is 3. The van der Waals surface area contributed by atoms with Crippen LogP contribution in [-0.2, 0) is 6.54 Å². The van der Waals surface area contributed by atoms with Gasteiger partial charge in [0.05, 0.1) is 17.9 Å². The molecule has 0 bridgehead atoms. The van der Waals surface area contributed by atoms with E-state index >= 15 is 0 Å². The summed E-state index contributed by atoms with van der Waals surface area (Å²) in [7, 11) is 0. The van der Waals surface area contributed by atoms with Gasteiger partial charge in [-0.1, -0.05) is 5.16 Å². The lowest BCUT2D eigenvalue weighted by Crippen LogP contribution is -2.16. The highest BCUT2D eigenvalue weighted by Crippen LogP contribution is 2.09. The molecule has 0 saturated carbocycles. The summed E-state index contributed by atoms with van der Waals surface area (Å²) < 4.78 is 20.4. The van der Waals surface area contributed by atoms with Crippen LogP contribution in [0, 0.1) is 12.7 Å². The molecule has 0 atom stereocenters. The molecule has 0 aliphatic carbocycles. The van der Waals surface area contributed by atoms with Gasteiger partial charge >= 0.3 is 5.76 Å². The molecule has 3 rings (SSSR count). The van der Waals surface area contributed by atoms with Gasteiger partial charge in [0.1, 0.15) is 5.82 Å². The predicted molar refractivity (Wildman–Crippen MR) is 68.1 cm³/mol. The van der Waals surface area contributed by atoms with Crippen molar-refractivity contribution < 1.29 is 8.91 Å². The van der Waals surface area contributed by atoms with Gasteiger partial charge in [-0.05, 0) is 37.3 Å². The quantitative estimate of drug-likeness (QED) is 0.726. The van der Waals surface area contributed by atoms with E-state index in [0.717, 1.165) is 5.69 Å². The highest BCUT2D eigenvalue weighted by molar-refractivity contribution is 5.31. The van der Waals surface area contributed by atoms with E-state index in [-0.39, 0.29) is 12.4 Å². The predicted octanol–water partition coefficient (Wildman–Crippen LogP) is 1.52. The van der Waals surface area contributed by atoms with Crippen molar-refractivity contribution in [2.24, 2.45) is 0 Å². The van der Waals surface area contributed by atoms with Gasteiger partial charge in [0.15, 0.2) is 5.82 Å². The van der Waals surface area contributed by atoms with E-state index in [4.69, 9.17) is 0 Å². The molecule has 0 N–H and O–H groups in total. The summed E-state index contributed by atoms with van der Waals surface area (Å²) in [6, 6.07) is 7.77. The normalized spacial score (nSPS) is 10.9. The summed E-state index contributed by atoms with van der Waals surface area (Å²) >= 11 is 0. The van der Waals surface area contributed by atoms with Crippen LogP contribution < -0.4 is 5.76 Å². The molecule has 1 aromatic carbocycles. The van der Waals surface area contributed by atoms with E-state index in [1.54, 1.807) is 36.0 Å². The molecule has 0 aliphatic heterocycles. The molecule has 6 nitrogen and oxygen atoms in total. The van der Waals surface area contributed by atoms with Gasteiger partial charge in [-0.2, -0.15) is 5.10 Å². The molecule has 0 aliphatic rings. The minimum absolute atomic E-state index is 0.280. The average molecular weight is 274 g/mol. The standard InChI is InChI=1S/C13H11FN4O2/c1-9-16-20-13(19)17(9)8-11-6-7-18(15-11)12-4-2-10(14)3-5-12/h2-7H,8H2,1H3. The summed E-state index contributed by atoms with van der Waals surface area (Å²) in [6.45, 7) is 1.96. The van der Waals surface area contributed by atoms with Crippen molar-refractivity contribution in [2.75, 3.05) is 0 Å². The Balaban J connectivity index is 1.87. The molecule has 2 heterocycles. The first-order valence-corrected chi connectivity index (χ1v) is 5.97. The molecule has 20 heavy (non-hydrogen) atoms. The second-order valence-corrected chi connectivity index (χ2v) is 4.31. The van der Waals surface area contributed by atoms with Crippen molar-refractivity contribution in [1.29, 1.82) is 0 Å². The third kappa shape index (κ3) is 2.25. The minimum atomic E-state index is -0.515. The minimum Gasteiger partial charge on any atom is -0.296 e. The lowest BCUT2D eigenvalue weighted by Gasteiger charge is -2.01. The Morgan fingerprint density at radius 1 is 1.25 bits per heavy atom. The van der Waals surface area contributed by atoms with E-state index in [9.17, 15) is 9.18 Å². The highest BCUT2D eigenvalue weighted by Gasteiger charge is 2.09. The number of hydrogen-bond acceptors (Lipinski definition) is 4. The number of benzene rings is 1. The van der Waals surface area contributed by atoms with Crippen molar-refractivity contribution in [1.82, 2.24) is 19.5 Å². The number of hydrogen-bond donors (Lipinski definition) is 0. The lowest BCUT2D eigenvalue weighted by molar-refractivity contribution is 0.375. The average Bonchev–Trinajstić information content (AvgIpc) is 3.02. The zero-order valence-corrected chi connectivity index (χ0v) is 10.7. The maximum atomic E-state index is 12.9. The Labute approximate surface area is 113 Å². The van der Waals surface area contributed by atoms with Gasteiger partial charge in [-0.3, -0.25) is 9.09 Å². The van der Waals surface area contributed by atoms with E-state index in [2.05, 4.69) is 14.8 Å². The molecule has 0 amide bonds. The van der Waals surface area contributed by atoms with Crippen molar-refractivity contribution in [2.45, 2.75) is 13.5 Å². The lowest BCUT2D eigenvalue weighted by atomic mass is 10.3. The van der Waals surface area contributed by atoms with Crippen LogP contribution in [0.2, 0.25) is 0 Å². The van der Waals surface area contributed by atoms with Crippen LogP contribution in [0.4, 0.5) is 4.39 Å². The third-order valence-electron chi connectivity index (χ3n) is 2.92. The summed E-state index contributed by atoms with van der Waals surface area (Å²) in [5.74, 6) is -0.321. The van der Waals surface area contributed by atoms with E-state index in [1.165, 1.54) is 16.7 Å². The van der Waals surface area contributed by atoms with Crippen LogP contribution >= 0.6 is 0 Å². The molecule has 102 valence electrons. The highest BCUT2D eigenvalue weighted by atomic mass is 19.1. The zero-order valence-electron chi connectivity index (χ0n) is 10.7. The largest absolute Gasteiger partial charge is 0.441 e. The Bertz CT molecular complexity index is 785. The number of aryl methyl sites for hydroxylation is 1. The maximum Gasteiger partial charge on any atom is 0.441 e. The van der Waals surface area contributed by atoms with E-state index in [1.807, 2.05) is 0 Å². The second kappa shape index (κ2) is 4.76. The molecule has 2 aromatic heterocycles. The molecular weight excluding hydrogens is 263 g/mol. The van der Waals surface area contributed by atoms with Crippen LogP contribution in [0.25, 0.3) is 5.69 Å². The SMILES string of the molecule is Cc1noc(=O)n1Cc1ccn(-c2ccc(F)cc2)n1. The van der Waals surface area contributed by atoms with Gasteiger partial charge in [0, 0.05) is 6.20 Å². The van der Waals surface area contributed by atoms with Gasteiger partial charge in [0.2, 0.25) is 0 Å². The van der Waals surface area contributed by atoms with Gasteiger partial charge in [0.25, 0.3) is 0 Å². The molecule has 0 saturated heterocycles. The molecule has 0 unspecified atom stereocenters. The summed E-state index contributed by atoms with van der Waals surface area (Å²) in [4.78, 5) is 11.4. The first-order valence-electron chi connectivity index (χ1n) is 5.97. The summed E-state index contributed by atoms with van der Waals surface area (Å²) in [5.41, 5.74) is 1.43.